The van der Waals surface area contributed by atoms with Gasteiger partial charge in [-0.25, -0.2) is 0 Å². The minimum absolute atomic E-state index is 0.203. The van der Waals surface area contributed by atoms with Gasteiger partial charge in [0.25, 0.3) is 0 Å². The van der Waals surface area contributed by atoms with Crippen LogP contribution in [0.1, 0.15) is 36.5 Å². The molecule has 3 atom stereocenters. The molecule has 0 spiro atoms. The van der Waals surface area contributed by atoms with Gasteiger partial charge in [0.2, 0.25) is 0 Å². The molecular weight excluding hydrogens is 224 g/mol. The van der Waals surface area contributed by atoms with Gasteiger partial charge in [-0.15, -0.1) is 0 Å². The zero-order valence-corrected chi connectivity index (χ0v) is 11.6. The van der Waals surface area contributed by atoms with Gasteiger partial charge < -0.3 is 4.74 Å². The van der Waals surface area contributed by atoms with Gasteiger partial charge in [-0.05, 0) is 56.7 Å². The number of nitrogens with two attached hydrogens (primary N) is 1. The van der Waals surface area contributed by atoms with E-state index in [-0.39, 0.29) is 12.1 Å². The van der Waals surface area contributed by atoms with Crippen LogP contribution in [0.15, 0.2) is 18.2 Å². The molecule has 1 fully saturated rings. The summed E-state index contributed by atoms with van der Waals surface area (Å²) in [5, 5.41) is 0. The molecule has 3 unspecified atom stereocenters. The van der Waals surface area contributed by atoms with Gasteiger partial charge in [0.05, 0.1) is 18.2 Å². The van der Waals surface area contributed by atoms with E-state index in [2.05, 4.69) is 44.4 Å². The SMILES string of the molecule is Cc1cccc(C)c1CC(NN)C1CCC(C)O1. The van der Waals surface area contributed by atoms with E-state index in [1.807, 2.05) is 0 Å². The van der Waals surface area contributed by atoms with Gasteiger partial charge in [-0.2, -0.15) is 0 Å². The first-order valence-electron chi connectivity index (χ1n) is 6.78. The summed E-state index contributed by atoms with van der Waals surface area (Å²) in [5.74, 6) is 5.72. The molecule has 0 aliphatic carbocycles. The molecule has 0 bridgehead atoms. The standard InChI is InChI=1S/C15H24N2O/c1-10-5-4-6-11(2)13(10)9-14(17-16)15-8-7-12(3)18-15/h4-6,12,14-15,17H,7-9,16H2,1-3H3. The summed E-state index contributed by atoms with van der Waals surface area (Å²) in [6.45, 7) is 6.45. The molecule has 0 radical (unpaired) electrons. The third kappa shape index (κ3) is 2.91. The number of hydrazine groups is 1. The van der Waals surface area contributed by atoms with E-state index >= 15 is 0 Å². The number of ether oxygens (including phenoxy) is 1. The fourth-order valence-corrected chi connectivity index (χ4v) is 2.82. The topological polar surface area (TPSA) is 47.3 Å². The van der Waals surface area contributed by atoms with Crippen molar-refractivity contribution >= 4 is 0 Å². The Hall–Kier alpha value is -0.900. The van der Waals surface area contributed by atoms with Crippen molar-refractivity contribution in [3.05, 3.63) is 34.9 Å². The maximum Gasteiger partial charge on any atom is 0.0749 e. The Morgan fingerprint density at radius 2 is 2.00 bits per heavy atom. The molecule has 0 aromatic heterocycles. The fraction of sp³-hybridized carbons (Fsp3) is 0.600. The molecule has 18 heavy (non-hydrogen) atoms. The normalized spacial score (nSPS) is 25.3. The van der Waals surface area contributed by atoms with Gasteiger partial charge in [-0.1, -0.05) is 18.2 Å². The molecule has 1 aliphatic rings. The first-order valence-corrected chi connectivity index (χ1v) is 6.78. The summed E-state index contributed by atoms with van der Waals surface area (Å²) < 4.78 is 5.92. The molecule has 0 amide bonds. The minimum atomic E-state index is 0.203. The second-order valence-electron chi connectivity index (χ2n) is 5.41. The second-order valence-corrected chi connectivity index (χ2v) is 5.41. The number of benzene rings is 1. The van der Waals surface area contributed by atoms with Crippen LogP contribution in [0, 0.1) is 13.8 Å². The van der Waals surface area contributed by atoms with Crippen LogP contribution in [0.2, 0.25) is 0 Å². The average Bonchev–Trinajstić information content (AvgIpc) is 2.76. The molecule has 0 saturated carbocycles. The van der Waals surface area contributed by atoms with E-state index in [4.69, 9.17) is 10.6 Å². The van der Waals surface area contributed by atoms with Crippen molar-refractivity contribution in [1.82, 2.24) is 5.43 Å². The van der Waals surface area contributed by atoms with Crippen molar-refractivity contribution in [3.63, 3.8) is 0 Å². The third-order valence-electron chi connectivity index (χ3n) is 4.00. The zero-order valence-electron chi connectivity index (χ0n) is 11.6. The van der Waals surface area contributed by atoms with Crippen molar-refractivity contribution in [2.75, 3.05) is 0 Å². The van der Waals surface area contributed by atoms with Crippen LogP contribution in [0.5, 0.6) is 0 Å². The highest BCUT2D eigenvalue weighted by atomic mass is 16.5. The summed E-state index contributed by atoms with van der Waals surface area (Å²) >= 11 is 0. The third-order valence-corrected chi connectivity index (χ3v) is 4.00. The fourth-order valence-electron chi connectivity index (χ4n) is 2.82. The minimum Gasteiger partial charge on any atom is -0.374 e. The summed E-state index contributed by atoms with van der Waals surface area (Å²) in [4.78, 5) is 0. The molecule has 1 aromatic carbocycles. The van der Waals surface area contributed by atoms with E-state index in [1.165, 1.54) is 16.7 Å². The summed E-state index contributed by atoms with van der Waals surface area (Å²) in [5.41, 5.74) is 7.00. The highest BCUT2D eigenvalue weighted by Gasteiger charge is 2.29. The molecule has 1 aromatic rings. The lowest BCUT2D eigenvalue weighted by molar-refractivity contribution is 0.0320. The molecule has 3 nitrogen and oxygen atoms in total. The Kier molecular flexibility index (Phi) is 4.38. The highest BCUT2D eigenvalue weighted by Crippen LogP contribution is 2.25. The van der Waals surface area contributed by atoms with Crippen molar-refractivity contribution in [1.29, 1.82) is 0 Å². The van der Waals surface area contributed by atoms with Crippen LogP contribution in [0.25, 0.3) is 0 Å². The summed E-state index contributed by atoms with van der Waals surface area (Å²) in [7, 11) is 0. The number of hydrogen-bond donors (Lipinski definition) is 2. The molecule has 3 N–H and O–H groups in total. The lowest BCUT2D eigenvalue weighted by Gasteiger charge is -2.24. The van der Waals surface area contributed by atoms with Crippen molar-refractivity contribution < 1.29 is 4.74 Å². The summed E-state index contributed by atoms with van der Waals surface area (Å²) in [6, 6.07) is 6.63. The molecular formula is C15H24N2O. The largest absolute Gasteiger partial charge is 0.374 e. The van der Waals surface area contributed by atoms with Gasteiger partial charge in [-0.3, -0.25) is 11.3 Å². The first-order chi connectivity index (χ1) is 8.61. The van der Waals surface area contributed by atoms with Crippen LogP contribution < -0.4 is 11.3 Å². The van der Waals surface area contributed by atoms with E-state index in [0.29, 0.717) is 6.10 Å². The van der Waals surface area contributed by atoms with Crippen molar-refractivity contribution in [2.45, 2.75) is 58.3 Å². The smallest absolute Gasteiger partial charge is 0.0749 e. The van der Waals surface area contributed by atoms with Crippen LogP contribution in [-0.4, -0.2) is 18.2 Å². The second kappa shape index (κ2) is 5.83. The Morgan fingerprint density at radius 1 is 1.33 bits per heavy atom. The van der Waals surface area contributed by atoms with E-state index in [1.54, 1.807) is 0 Å². The Balaban J connectivity index is 2.10. The number of nitrogens with one attached hydrogen (secondary N) is 1. The number of hydrogen-bond acceptors (Lipinski definition) is 3. The maximum absolute atomic E-state index is 5.92. The highest BCUT2D eigenvalue weighted by molar-refractivity contribution is 5.34. The zero-order chi connectivity index (χ0) is 13.1. The molecule has 100 valence electrons. The van der Waals surface area contributed by atoms with Gasteiger partial charge in [0, 0.05) is 0 Å². The molecule has 1 aliphatic heterocycles. The number of aryl methyl sites for hydroxylation is 2. The predicted molar refractivity (Wildman–Crippen MR) is 74.3 cm³/mol. The van der Waals surface area contributed by atoms with Crippen LogP contribution in [0.3, 0.4) is 0 Å². The van der Waals surface area contributed by atoms with E-state index in [9.17, 15) is 0 Å². The molecule has 1 saturated heterocycles. The molecule has 1 heterocycles. The van der Waals surface area contributed by atoms with Gasteiger partial charge in [0.15, 0.2) is 0 Å². The predicted octanol–water partition coefficient (Wildman–Crippen LogP) is 2.25. The van der Waals surface area contributed by atoms with E-state index < -0.39 is 0 Å². The van der Waals surface area contributed by atoms with Crippen molar-refractivity contribution in [2.24, 2.45) is 5.84 Å². The maximum atomic E-state index is 5.92. The van der Waals surface area contributed by atoms with Crippen molar-refractivity contribution in [3.8, 4) is 0 Å². The van der Waals surface area contributed by atoms with Gasteiger partial charge >= 0.3 is 0 Å². The number of rotatable bonds is 4. The van der Waals surface area contributed by atoms with Crippen LogP contribution in [0.4, 0.5) is 0 Å². The van der Waals surface area contributed by atoms with Crippen LogP contribution >= 0.6 is 0 Å². The van der Waals surface area contributed by atoms with Gasteiger partial charge in [0.1, 0.15) is 0 Å². The monoisotopic (exact) mass is 248 g/mol. The average molecular weight is 248 g/mol. The molecule has 3 heteroatoms. The Labute approximate surface area is 110 Å². The lowest BCUT2D eigenvalue weighted by atomic mass is 9.93. The van der Waals surface area contributed by atoms with Crippen LogP contribution in [-0.2, 0) is 11.2 Å². The quantitative estimate of drug-likeness (QED) is 0.634. The lowest BCUT2D eigenvalue weighted by Crippen LogP contribution is -2.45. The van der Waals surface area contributed by atoms with E-state index in [0.717, 1.165) is 19.3 Å². The summed E-state index contributed by atoms with van der Waals surface area (Å²) in [6.07, 6.45) is 3.77. The molecule has 2 rings (SSSR count). The Bertz CT molecular complexity index is 385. The Morgan fingerprint density at radius 3 is 2.50 bits per heavy atom. The first kappa shape index (κ1) is 13.5.